The predicted molar refractivity (Wildman–Crippen MR) is 69.4 cm³/mol. The minimum absolute atomic E-state index is 0.0875. The van der Waals surface area contributed by atoms with Crippen LogP contribution < -0.4 is 0 Å². The average molecular weight is 264 g/mol. The number of piperidine rings is 1. The SMILES string of the molecule is CN1C(=O)CO[C@@H]2CCN(Cc3cnn(C)c3)C[C@@H]21. The van der Waals surface area contributed by atoms with E-state index in [0.29, 0.717) is 0 Å². The first-order valence-corrected chi connectivity index (χ1v) is 6.70. The zero-order valence-electron chi connectivity index (χ0n) is 11.5. The fraction of sp³-hybridized carbons (Fsp3) is 0.692. The predicted octanol–water partition coefficient (Wildman–Crippen LogP) is -0.148. The van der Waals surface area contributed by atoms with Gasteiger partial charge in [-0.15, -0.1) is 0 Å². The Hall–Kier alpha value is -1.40. The van der Waals surface area contributed by atoms with Crippen LogP contribution in [0.5, 0.6) is 0 Å². The Kier molecular flexibility index (Phi) is 3.28. The molecular weight excluding hydrogens is 244 g/mol. The van der Waals surface area contributed by atoms with Crippen LogP contribution in [0.4, 0.5) is 0 Å². The molecule has 2 saturated heterocycles. The summed E-state index contributed by atoms with van der Waals surface area (Å²) in [4.78, 5) is 15.9. The lowest BCUT2D eigenvalue weighted by atomic mass is 9.99. The molecule has 6 heteroatoms. The third kappa shape index (κ3) is 2.50. The van der Waals surface area contributed by atoms with Crippen molar-refractivity contribution in [2.24, 2.45) is 7.05 Å². The van der Waals surface area contributed by atoms with Gasteiger partial charge in [-0.1, -0.05) is 0 Å². The van der Waals surface area contributed by atoms with Gasteiger partial charge in [-0.05, 0) is 6.42 Å². The fourth-order valence-electron chi connectivity index (χ4n) is 2.96. The molecule has 0 aromatic carbocycles. The molecule has 0 bridgehead atoms. The number of nitrogens with zero attached hydrogens (tertiary/aromatic N) is 4. The minimum atomic E-state index is 0.0875. The number of likely N-dealkylation sites (N-methyl/N-ethyl adjacent to an activating group) is 1. The number of morpholine rings is 1. The van der Waals surface area contributed by atoms with Crippen molar-refractivity contribution in [3.8, 4) is 0 Å². The highest BCUT2D eigenvalue weighted by atomic mass is 16.5. The van der Waals surface area contributed by atoms with E-state index in [1.54, 1.807) is 0 Å². The standard InChI is InChI=1S/C13H20N4O2/c1-15-6-10(5-14-15)7-17-4-3-12-11(8-17)16(2)13(18)9-19-12/h5-6,11-12H,3-4,7-9H2,1-2H3/t11-,12+/m0/s1. The van der Waals surface area contributed by atoms with Crippen LogP contribution in [0.25, 0.3) is 0 Å². The molecule has 0 spiro atoms. The number of aryl methyl sites for hydroxylation is 1. The van der Waals surface area contributed by atoms with Crippen molar-refractivity contribution in [2.45, 2.75) is 25.1 Å². The van der Waals surface area contributed by atoms with Crippen LogP contribution in [0.1, 0.15) is 12.0 Å². The first-order valence-electron chi connectivity index (χ1n) is 6.70. The molecule has 19 heavy (non-hydrogen) atoms. The number of aromatic nitrogens is 2. The second kappa shape index (κ2) is 4.94. The van der Waals surface area contributed by atoms with Gasteiger partial charge in [0.1, 0.15) is 6.61 Å². The third-order valence-electron chi connectivity index (χ3n) is 4.08. The molecule has 2 aliphatic rings. The fourth-order valence-corrected chi connectivity index (χ4v) is 2.96. The van der Waals surface area contributed by atoms with Crippen molar-refractivity contribution < 1.29 is 9.53 Å². The molecule has 2 aliphatic heterocycles. The topological polar surface area (TPSA) is 50.6 Å². The molecule has 104 valence electrons. The number of carbonyl (C=O) groups excluding carboxylic acids is 1. The maximum atomic E-state index is 11.7. The number of fused-ring (bicyclic) bond motifs is 1. The summed E-state index contributed by atoms with van der Waals surface area (Å²) in [5.74, 6) is 0.0875. The Balaban J connectivity index is 1.65. The molecule has 2 fully saturated rings. The van der Waals surface area contributed by atoms with Crippen molar-refractivity contribution >= 4 is 5.91 Å². The van der Waals surface area contributed by atoms with Gasteiger partial charge in [0.25, 0.3) is 0 Å². The van der Waals surface area contributed by atoms with Crippen molar-refractivity contribution in [2.75, 3.05) is 26.7 Å². The molecule has 0 saturated carbocycles. The van der Waals surface area contributed by atoms with Gasteiger partial charge in [0.15, 0.2) is 0 Å². The van der Waals surface area contributed by atoms with Crippen molar-refractivity contribution in [3.63, 3.8) is 0 Å². The molecule has 0 N–H and O–H groups in total. The number of amides is 1. The largest absolute Gasteiger partial charge is 0.366 e. The van der Waals surface area contributed by atoms with Gasteiger partial charge in [0, 0.05) is 45.5 Å². The zero-order chi connectivity index (χ0) is 13.4. The van der Waals surface area contributed by atoms with E-state index in [4.69, 9.17) is 4.74 Å². The van der Waals surface area contributed by atoms with E-state index < -0.39 is 0 Å². The van der Waals surface area contributed by atoms with Crippen molar-refractivity contribution in [1.29, 1.82) is 0 Å². The summed E-state index contributed by atoms with van der Waals surface area (Å²) in [5.41, 5.74) is 1.21. The van der Waals surface area contributed by atoms with E-state index in [2.05, 4.69) is 10.00 Å². The lowest BCUT2D eigenvalue weighted by Crippen LogP contribution is -2.60. The molecule has 2 atom stereocenters. The third-order valence-corrected chi connectivity index (χ3v) is 4.08. The normalized spacial score (nSPS) is 28.5. The summed E-state index contributed by atoms with van der Waals surface area (Å²) in [6.07, 6.45) is 5.13. The van der Waals surface area contributed by atoms with Crippen LogP contribution in [0, 0.1) is 0 Å². The summed E-state index contributed by atoms with van der Waals surface area (Å²) < 4.78 is 7.45. The molecule has 0 unspecified atom stereocenters. The number of carbonyl (C=O) groups is 1. The minimum Gasteiger partial charge on any atom is -0.366 e. The monoisotopic (exact) mass is 264 g/mol. The van der Waals surface area contributed by atoms with Crippen molar-refractivity contribution in [1.82, 2.24) is 19.6 Å². The van der Waals surface area contributed by atoms with E-state index in [1.165, 1.54) is 5.56 Å². The maximum Gasteiger partial charge on any atom is 0.248 e. The van der Waals surface area contributed by atoms with Gasteiger partial charge in [0.05, 0.1) is 18.3 Å². The summed E-state index contributed by atoms with van der Waals surface area (Å²) in [5, 5.41) is 4.19. The number of ether oxygens (including phenoxy) is 1. The Morgan fingerprint density at radius 3 is 3.05 bits per heavy atom. The summed E-state index contributed by atoms with van der Waals surface area (Å²) >= 11 is 0. The molecule has 3 heterocycles. The van der Waals surface area contributed by atoms with Crippen LogP contribution in [-0.2, 0) is 23.1 Å². The summed E-state index contributed by atoms with van der Waals surface area (Å²) in [7, 11) is 3.81. The Labute approximate surface area is 112 Å². The summed E-state index contributed by atoms with van der Waals surface area (Å²) in [6.45, 7) is 3.01. The van der Waals surface area contributed by atoms with Gasteiger partial charge < -0.3 is 9.64 Å². The van der Waals surface area contributed by atoms with E-state index in [1.807, 2.05) is 36.1 Å². The smallest absolute Gasteiger partial charge is 0.248 e. The molecule has 6 nitrogen and oxygen atoms in total. The molecule has 1 aromatic rings. The second-order valence-electron chi connectivity index (χ2n) is 5.47. The molecule has 1 amide bonds. The lowest BCUT2D eigenvalue weighted by Gasteiger charge is -2.45. The van der Waals surface area contributed by atoms with E-state index in [0.717, 1.165) is 26.1 Å². The van der Waals surface area contributed by atoms with Crippen molar-refractivity contribution in [3.05, 3.63) is 18.0 Å². The Morgan fingerprint density at radius 1 is 1.47 bits per heavy atom. The highest BCUT2D eigenvalue weighted by Crippen LogP contribution is 2.23. The van der Waals surface area contributed by atoms with Crippen LogP contribution in [0.3, 0.4) is 0 Å². The van der Waals surface area contributed by atoms with E-state index in [-0.39, 0.29) is 24.7 Å². The van der Waals surface area contributed by atoms with Crippen LogP contribution in [-0.4, -0.2) is 64.4 Å². The van der Waals surface area contributed by atoms with Gasteiger partial charge in [-0.2, -0.15) is 5.10 Å². The van der Waals surface area contributed by atoms with Crippen LogP contribution in [0.15, 0.2) is 12.4 Å². The highest BCUT2D eigenvalue weighted by molar-refractivity contribution is 5.78. The first-order chi connectivity index (χ1) is 9.13. The lowest BCUT2D eigenvalue weighted by molar-refractivity contribution is -0.160. The van der Waals surface area contributed by atoms with Crippen LogP contribution >= 0.6 is 0 Å². The van der Waals surface area contributed by atoms with Gasteiger partial charge in [-0.25, -0.2) is 0 Å². The Morgan fingerprint density at radius 2 is 2.32 bits per heavy atom. The molecule has 1 aromatic heterocycles. The Bertz CT molecular complexity index is 473. The summed E-state index contributed by atoms with van der Waals surface area (Å²) in [6, 6.07) is 0.187. The number of hydrogen-bond donors (Lipinski definition) is 0. The molecular formula is C13H20N4O2. The second-order valence-corrected chi connectivity index (χ2v) is 5.47. The highest BCUT2D eigenvalue weighted by Gasteiger charge is 2.38. The number of hydrogen-bond acceptors (Lipinski definition) is 4. The quantitative estimate of drug-likeness (QED) is 0.745. The maximum absolute atomic E-state index is 11.7. The van der Waals surface area contributed by atoms with E-state index >= 15 is 0 Å². The molecule has 3 rings (SSSR count). The van der Waals surface area contributed by atoms with Gasteiger partial charge in [-0.3, -0.25) is 14.4 Å². The number of likely N-dealkylation sites (tertiary alicyclic amines) is 1. The molecule has 0 radical (unpaired) electrons. The molecule has 0 aliphatic carbocycles. The average Bonchev–Trinajstić information content (AvgIpc) is 2.80. The van der Waals surface area contributed by atoms with Gasteiger partial charge in [0.2, 0.25) is 5.91 Å². The van der Waals surface area contributed by atoms with E-state index in [9.17, 15) is 4.79 Å². The van der Waals surface area contributed by atoms with Gasteiger partial charge >= 0.3 is 0 Å². The zero-order valence-corrected chi connectivity index (χ0v) is 11.5. The first kappa shape index (κ1) is 12.6. The number of rotatable bonds is 2. The van der Waals surface area contributed by atoms with Crippen LogP contribution in [0.2, 0.25) is 0 Å².